The normalized spacial score (nSPS) is 13.9. The van der Waals surface area contributed by atoms with E-state index in [0.29, 0.717) is 0 Å². The molecule has 3 heterocycles. The van der Waals surface area contributed by atoms with Crippen molar-refractivity contribution in [3.8, 4) is 0 Å². The van der Waals surface area contributed by atoms with E-state index in [0.717, 1.165) is 47.3 Å². The summed E-state index contributed by atoms with van der Waals surface area (Å²) in [5.74, 6) is 0.986. The molecule has 1 aliphatic rings. The summed E-state index contributed by atoms with van der Waals surface area (Å²) in [7, 11) is 0. The number of pyridine rings is 1. The zero-order valence-electron chi connectivity index (χ0n) is 11.7. The fourth-order valence-electron chi connectivity index (χ4n) is 3.52. The number of hydrogen-bond donors (Lipinski definition) is 1. The van der Waals surface area contributed by atoms with Crippen molar-refractivity contribution in [3.05, 3.63) is 40.2 Å². The van der Waals surface area contributed by atoms with E-state index in [2.05, 4.69) is 35.9 Å². The number of aromatic nitrogens is 2. The molecule has 0 bridgehead atoms. The van der Waals surface area contributed by atoms with Gasteiger partial charge in [0.25, 0.3) is 5.56 Å². The number of aryl methyl sites for hydroxylation is 2. The van der Waals surface area contributed by atoms with Crippen LogP contribution in [0.25, 0.3) is 21.8 Å². The minimum Gasteiger partial charge on any atom is -0.369 e. The van der Waals surface area contributed by atoms with Crippen LogP contribution in [0.15, 0.2) is 29.1 Å². The lowest BCUT2D eigenvalue weighted by molar-refractivity contribution is 0.774. The second-order valence-electron chi connectivity index (χ2n) is 5.34. The number of para-hydroxylation sites is 1. The fourth-order valence-corrected chi connectivity index (χ4v) is 3.52. The van der Waals surface area contributed by atoms with Gasteiger partial charge in [0.1, 0.15) is 5.82 Å². The lowest BCUT2D eigenvalue weighted by atomic mass is 10.1. The first kappa shape index (κ1) is 11.6. The van der Waals surface area contributed by atoms with E-state index < -0.39 is 0 Å². The molecule has 4 rings (SSSR count). The molecular formula is C16H17N3O. The van der Waals surface area contributed by atoms with E-state index in [1.54, 1.807) is 0 Å². The van der Waals surface area contributed by atoms with Crippen LogP contribution in [-0.2, 0) is 13.1 Å². The van der Waals surface area contributed by atoms with E-state index in [-0.39, 0.29) is 5.56 Å². The number of benzene rings is 1. The molecule has 0 saturated heterocycles. The van der Waals surface area contributed by atoms with Gasteiger partial charge in [-0.15, -0.1) is 0 Å². The van der Waals surface area contributed by atoms with Gasteiger partial charge in [-0.1, -0.05) is 18.2 Å². The average molecular weight is 267 g/mol. The Hall–Kier alpha value is -2.23. The monoisotopic (exact) mass is 267 g/mol. The van der Waals surface area contributed by atoms with Gasteiger partial charge >= 0.3 is 0 Å². The molecule has 0 atom stereocenters. The standard InChI is InChI=1S/C16H17N3O/c1-3-18-12-7-5-4-6-11(12)13-14(18)10(2)15-17-8-9-19(15)16(13)20/h4-7,17H,3,8-9H2,1-2H3. The highest BCUT2D eigenvalue weighted by atomic mass is 16.1. The van der Waals surface area contributed by atoms with Gasteiger partial charge in [0.15, 0.2) is 0 Å². The van der Waals surface area contributed by atoms with E-state index in [9.17, 15) is 4.79 Å². The van der Waals surface area contributed by atoms with Crippen LogP contribution >= 0.6 is 0 Å². The molecule has 2 aromatic heterocycles. The molecule has 0 unspecified atom stereocenters. The van der Waals surface area contributed by atoms with Gasteiger partial charge < -0.3 is 9.88 Å². The number of nitrogens with zero attached hydrogens (tertiary/aromatic N) is 2. The summed E-state index contributed by atoms with van der Waals surface area (Å²) in [5.41, 5.74) is 3.54. The van der Waals surface area contributed by atoms with Crippen molar-refractivity contribution >= 4 is 27.6 Å². The first-order chi connectivity index (χ1) is 9.74. The minimum absolute atomic E-state index is 0.133. The Balaban J connectivity index is 2.36. The molecule has 1 aliphatic heterocycles. The molecule has 102 valence electrons. The van der Waals surface area contributed by atoms with Crippen LogP contribution in [0.4, 0.5) is 5.82 Å². The van der Waals surface area contributed by atoms with Crippen LogP contribution in [-0.4, -0.2) is 15.7 Å². The van der Waals surface area contributed by atoms with Crippen LogP contribution in [0.3, 0.4) is 0 Å². The molecule has 0 fully saturated rings. The first-order valence-electron chi connectivity index (χ1n) is 7.12. The number of fused-ring (bicyclic) bond motifs is 4. The highest BCUT2D eigenvalue weighted by Crippen LogP contribution is 2.32. The Kier molecular flexibility index (Phi) is 2.25. The predicted molar refractivity (Wildman–Crippen MR) is 82.6 cm³/mol. The second kappa shape index (κ2) is 3.88. The Labute approximate surface area is 116 Å². The van der Waals surface area contributed by atoms with Crippen LogP contribution in [0.5, 0.6) is 0 Å². The molecule has 4 nitrogen and oxygen atoms in total. The molecular weight excluding hydrogens is 250 g/mol. The molecule has 1 N–H and O–H groups in total. The number of nitrogens with one attached hydrogen (secondary N) is 1. The highest BCUT2D eigenvalue weighted by molar-refractivity contribution is 6.09. The van der Waals surface area contributed by atoms with Crippen LogP contribution in [0.1, 0.15) is 12.5 Å². The van der Waals surface area contributed by atoms with Crippen molar-refractivity contribution in [2.45, 2.75) is 26.9 Å². The summed E-state index contributed by atoms with van der Waals surface area (Å²) in [5, 5.41) is 5.28. The van der Waals surface area contributed by atoms with Crippen molar-refractivity contribution in [1.29, 1.82) is 0 Å². The summed E-state index contributed by atoms with van der Waals surface area (Å²) in [6, 6.07) is 8.19. The van der Waals surface area contributed by atoms with Gasteiger partial charge in [0, 0.05) is 36.1 Å². The largest absolute Gasteiger partial charge is 0.369 e. The van der Waals surface area contributed by atoms with E-state index >= 15 is 0 Å². The SMILES string of the molecule is CCn1c2ccccc2c2c(=O)n3c(c(C)c21)NCC3. The maximum atomic E-state index is 12.8. The molecule has 0 spiro atoms. The van der Waals surface area contributed by atoms with Gasteiger partial charge in [-0.2, -0.15) is 0 Å². The molecule has 4 heteroatoms. The molecule has 0 amide bonds. The zero-order valence-corrected chi connectivity index (χ0v) is 11.7. The molecule has 20 heavy (non-hydrogen) atoms. The van der Waals surface area contributed by atoms with Crippen LogP contribution in [0.2, 0.25) is 0 Å². The number of rotatable bonds is 1. The zero-order chi connectivity index (χ0) is 13.9. The van der Waals surface area contributed by atoms with Gasteiger partial charge in [0.2, 0.25) is 0 Å². The van der Waals surface area contributed by atoms with E-state index in [4.69, 9.17) is 0 Å². The first-order valence-corrected chi connectivity index (χ1v) is 7.12. The summed E-state index contributed by atoms with van der Waals surface area (Å²) >= 11 is 0. The summed E-state index contributed by atoms with van der Waals surface area (Å²) < 4.78 is 4.13. The average Bonchev–Trinajstić information content (AvgIpc) is 3.07. The van der Waals surface area contributed by atoms with Gasteiger partial charge in [0.05, 0.1) is 10.9 Å². The Morgan fingerprint density at radius 1 is 1.30 bits per heavy atom. The topological polar surface area (TPSA) is 39.0 Å². The molecule has 1 aromatic carbocycles. The predicted octanol–water partition coefficient (Wildman–Crippen LogP) is 2.71. The van der Waals surface area contributed by atoms with Crippen molar-refractivity contribution < 1.29 is 0 Å². The lowest BCUT2D eigenvalue weighted by Gasteiger charge is -2.10. The summed E-state index contributed by atoms with van der Waals surface area (Å²) in [6.45, 7) is 6.71. The third kappa shape index (κ3) is 1.24. The van der Waals surface area contributed by atoms with Gasteiger partial charge in [-0.3, -0.25) is 9.36 Å². The molecule has 3 aromatic rings. The van der Waals surface area contributed by atoms with Crippen molar-refractivity contribution in [2.75, 3.05) is 11.9 Å². The second-order valence-corrected chi connectivity index (χ2v) is 5.34. The Morgan fingerprint density at radius 2 is 2.10 bits per heavy atom. The quantitative estimate of drug-likeness (QED) is 0.736. The smallest absolute Gasteiger partial charge is 0.262 e. The maximum absolute atomic E-state index is 12.8. The van der Waals surface area contributed by atoms with Crippen molar-refractivity contribution in [3.63, 3.8) is 0 Å². The number of anilines is 1. The Morgan fingerprint density at radius 3 is 2.90 bits per heavy atom. The van der Waals surface area contributed by atoms with Gasteiger partial charge in [-0.05, 0) is 19.9 Å². The lowest BCUT2D eigenvalue weighted by Crippen LogP contribution is -2.19. The summed E-state index contributed by atoms with van der Waals surface area (Å²) in [4.78, 5) is 12.8. The fraction of sp³-hybridized carbons (Fsp3) is 0.312. The maximum Gasteiger partial charge on any atom is 0.262 e. The molecule has 0 aliphatic carbocycles. The molecule has 0 saturated carbocycles. The van der Waals surface area contributed by atoms with Gasteiger partial charge in [-0.25, -0.2) is 0 Å². The summed E-state index contributed by atoms with van der Waals surface area (Å²) in [6.07, 6.45) is 0. The van der Waals surface area contributed by atoms with Crippen LogP contribution < -0.4 is 10.9 Å². The Bertz CT molecular complexity index is 902. The minimum atomic E-state index is 0.133. The van der Waals surface area contributed by atoms with E-state index in [1.807, 2.05) is 16.7 Å². The highest BCUT2D eigenvalue weighted by Gasteiger charge is 2.22. The molecule has 0 radical (unpaired) electrons. The van der Waals surface area contributed by atoms with Crippen molar-refractivity contribution in [2.24, 2.45) is 0 Å². The van der Waals surface area contributed by atoms with Crippen molar-refractivity contribution in [1.82, 2.24) is 9.13 Å². The number of hydrogen-bond acceptors (Lipinski definition) is 2. The third-order valence-corrected chi connectivity index (χ3v) is 4.35. The van der Waals surface area contributed by atoms with Crippen LogP contribution in [0, 0.1) is 6.92 Å². The third-order valence-electron chi connectivity index (χ3n) is 4.35. The van der Waals surface area contributed by atoms with E-state index in [1.165, 1.54) is 5.56 Å².